The molecule has 0 unspecified atom stereocenters. The zero-order valence-electron chi connectivity index (χ0n) is 12.8. The van der Waals surface area contributed by atoms with Crippen molar-refractivity contribution in [2.24, 2.45) is 0 Å². The van der Waals surface area contributed by atoms with Crippen LogP contribution in [-0.2, 0) is 0 Å². The van der Waals surface area contributed by atoms with E-state index in [4.69, 9.17) is 15.2 Å². The number of nitrogens with one attached hydrogen (secondary N) is 1. The summed E-state index contributed by atoms with van der Waals surface area (Å²) in [6, 6.07) is 11.6. The Bertz CT molecular complexity index is 627. The number of hydrogen-bond donors (Lipinski definition) is 2. The zero-order valence-corrected chi connectivity index (χ0v) is 12.8. The summed E-state index contributed by atoms with van der Waals surface area (Å²) < 4.78 is 10.6. The lowest BCUT2D eigenvalue weighted by atomic mass is 10.2. The summed E-state index contributed by atoms with van der Waals surface area (Å²) in [5, 5.41) is 3.35. The lowest BCUT2D eigenvalue weighted by molar-refractivity contribution is 0.355. The van der Waals surface area contributed by atoms with E-state index in [9.17, 15) is 0 Å². The Morgan fingerprint density at radius 2 is 1.57 bits per heavy atom. The minimum absolute atomic E-state index is 0.598. The number of nitrogens with zero attached hydrogens (tertiary/aromatic N) is 1. The van der Waals surface area contributed by atoms with Gasteiger partial charge in [0.2, 0.25) is 0 Å². The van der Waals surface area contributed by atoms with E-state index in [0.717, 1.165) is 17.1 Å². The van der Waals surface area contributed by atoms with Gasteiger partial charge in [0.1, 0.15) is 0 Å². The molecule has 0 aliphatic rings. The van der Waals surface area contributed by atoms with Crippen molar-refractivity contribution in [1.29, 1.82) is 0 Å². The molecule has 5 heteroatoms. The summed E-state index contributed by atoms with van der Waals surface area (Å²) >= 11 is 0. The van der Waals surface area contributed by atoms with Crippen LogP contribution >= 0.6 is 0 Å². The van der Waals surface area contributed by atoms with Gasteiger partial charge in [-0.15, -0.1) is 0 Å². The molecule has 0 saturated heterocycles. The van der Waals surface area contributed by atoms with Gasteiger partial charge in [0.25, 0.3) is 0 Å². The minimum atomic E-state index is 0.598. The van der Waals surface area contributed by atoms with E-state index in [-0.39, 0.29) is 0 Å². The van der Waals surface area contributed by atoms with Crippen molar-refractivity contribution in [2.45, 2.75) is 0 Å². The van der Waals surface area contributed by atoms with Gasteiger partial charge in [0.05, 0.1) is 37.0 Å². The first-order chi connectivity index (χ1) is 10.1. The van der Waals surface area contributed by atoms with Crippen molar-refractivity contribution < 1.29 is 9.47 Å². The number of hydrogen-bond acceptors (Lipinski definition) is 5. The second-order valence-corrected chi connectivity index (χ2v) is 4.83. The van der Waals surface area contributed by atoms with Crippen LogP contribution in [0, 0.1) is 0 Å². The first-order valence-corrected chi connectivity index (χ1v) is 6.61. The number of nitrogen functional groups attached to an aromatic ring is 1. The second kappa shape index (κ2) is 6.26. The number of methoxy groups -OCH3 is 2. The van der Waals surface area contributed by atoms with Crippen LogP contribution < -0.4 is 25.4 Å². The highest BCUT2D eigenvalue weighted by Gasteiger charge is 2.11. The van der Waals surface area contributed by atoms with Gasteiger partial charge < -0.3 is 25.4 Å². The number of benzene rings is 2. The van der Waals surface area contributed by atoms with E-state index in [0.29, 0.717) is 17.2 Å². The predicted octanol–water partition coefficient (Wildman–Crippen LogP) is 3.10. The van der Waals surface area contributed by atoms with Crippen LogP contribution in [0.1, 0.15) is 0 Å². The Labute approximate surface area is 125 Å². The smallest absolute Gasteiger partial charge is 0.162 e. The topological polar surface area (TPSA) is 59.8 Å². The van der Waals surface area contributed by atoms with Crippen LogP contribution in [-0.4, -0.2) is 28.3 Å². The van der Waals surface area contributed by atoms with Gasteiger partial charge in [-0.3, -0.25) is 0 Å². The lowest BCUT2D eigenvalue weighted by Crippen LogP contribution is -2.11. The summed E-state index contributed by atoms with van der Waals surface area (Å²) in [5.41, 5.74) is 9.51. The monoisotopic (exact) mass is 287 g/mol. The average molecular weight is 287 g/mol. The normalized spacial score (nSPS) is 10.1. The highest BCUT2D eigenvalue weighted by molar-refractivity contribution is 5.81. The molecule has 0 fully saturated rings. The van der Waals surface area contributed by atoms with E-state index in [1.54, 1.807) is 20.3 Å². The van der Waals surface area contributed by atoms with Crippen LogP contribution in [0.4, 0.5) is 22.7 Å². The van der Waals surface area contributed by atoms with E-state index < -0.39 is 0 Å². The molecule has 0 heterocycles. The molecule has 0 amide bonds. The molecule has 2 aromatic carbocycles. The molecule has 0 aliphatic carbocycles. The Morgan fingerprint density at radius 1 is 0.952 bits per heavy atom. The zero-order chi connectivity index (χ0) is 15.4. The molecule has 0 aliphatic heterocycles. The molecule has 0 bridgehead atoms. The van der Waals surface area contributed by atoms with Gasteiger partial charge in [-0.25, -0.2) is 0 Å². The third-order valence-corrected chi connectivity index (χ3v) is 3.21. The van der Waals surface area contributed by atoms with Crippen molar-refractivity contribution in [3.8, 4) is 11.5 Å². The number of ether oxygens (including phenoxy) is 2. The maximum absolute atomic E-state index is 6.08. The molecule has 0 saturated carbocycles. The number of anilines is 4. The van der Waals surface area contributed by atoms with Crippen molar-refractivity contribution in [3.63, 3.8) is 0 Å². The molecule has 0 radical (unpaired) electrons. The number of rotatable bonds is 5. The SMILES string of the molecule is COc1cc(N)c(Nc2ccccc2N(C)C)cc1OC. The molecule has 2 rings (SSSR count). The largest absolute Gasteiger partial charge is 0.493 e. The van der Waals surface area contributed by atoms with Crippen molar-refractivity contribution in [2.75, 3.05) is 44.3 Å². The van der Waals surface area contributed by atoms with Gasteiger partial charge in [0.15, 0.2) is 11.5 Å². The van der Waals surface area contributed by atoms with Crippen molar-refractivity contribution in [1.82, 2.24) is 0 Å². The first kappa shape index (κ1) is 14.8. The lowest BCUT2D eigenvalue weighted by Gasteiger charge is -2.20. The van der Waals surface area contributed by atoms with Gasteiger partial charge in [-0.05, 0) is 12.1 Å². The van der Waals surface area contributed by atoms with Gasteiger partial charge in [-0.2, -0.15) is 0 Å². The van der Waals surface area contributed by atoms with Crippen LogP contribution in [0.25, 0.3) is 0 Å². The predicted molar refractivity (Wildman–Crippen MR) is 88.0 cm³/mol. The highest BCUT2D eigenvalue weighted by Crippen LogP contribution is 2.37. The maximum atomic E-state index is 6.08. The molecule has 5 nitrogen and oxygen atoms in total. The minimum Gasteiger partial charge on any atom is -0.493 e. The molecule has 0 atom stereocenters. The van der Waals surface area contributed by atoms with Crippen LogP contribution in [0.15, 0.2) is 36.4 Å². The van der Waals surface area contributed by atoms with Gasteiger partial charge in [-0.1, -0.05) is 12.1 Å². The summed E-state index contributed by atoms with van der Waals surface area (Å²) in [7, 11) is 7.19. The second-order valence-electron chi connectivity index (χ2n) is 4.83. The third kappa shape index (κ3) is 3.13. The standard InChI is InChI=1S/C16H21N3O2/c1-19(2)14-8-6-5-7-12(14)18-13-10-16(21-4)15(20-3)9-11(13)17/h5-10,18H,17H2,1-4H3. The van der Waals surface area contributed by atoms with E-state index >= 15 is 0 Å². The Balaban J connectivity index is 2.40. The fourth-order valence-corrected chi connectivity index (χ4v) is 2.12. The summed E-state index contributed by atoms with van der Waals surface area (Å²) in [6.07, 6.45) is 0. The molecule has 21 heavy (non-hydrogen) atoms. The highest BCUT2D eigenvalue weighted by atomic mass is 16.5. The van der Waals surface area contributed by atoms with Crippen LogP contribution in [0.2, 0.25) is 0 Å². The molecule has 0 aromatic heterocycles. The van der Waals surface area contributed by atoms with Crippen LogP contribution in [0.3, 0.4) is 0 Å². The van der Waals surface area contributed by atoms with E-state index in [1.807, 2.05) is 49.3 Å². The van der Waals surface area contributed by atoms with Crippen molar-refractivity contribution >= 4 is 22.7 Å². The van der Waals surface area contributed by atoms with Crippen molar-refractivity contribution in [3.05, 3.63) is 36.4 Å². The molecule has 2 aromatic rings. The quantitative estimate of drug-likeness (QED) is 0.828. The molecule has 0 spiro atoms. The molecule has 112 valence electrons. The fraction of sp³-hybridized carbons (Fsp3) is 0.250. The fourth-order valence-electron chi connectivity index (χ4n) is 2.12. The number of para-hydroxylation sites is 2. The number of nitrogens with two attached hydrogens (primary N) is 1. The van der Waals surface area contributed by atoms with E-state index in [2.05, 4.69) is 5.32 Å². The van der Waals surface area contributed by atoms with Gasteiger partial charge >= 0.3 is 0 Å². The first-order valence-electron chi connectivity index (χ1n) is 6.61. The van der Waals surface area contributed by atoms with Gasteiger partial charge in [0, 0.05) is 26.2 Å². The Kier molecular flexibility index (Phi) is 4.42. The maximum Gasteiger partial charge on any atom is 0.162 e. The Morgan fingerprint density at radius 3 is 2.19 bits per heavy atom. The Hall–Kier alpha value is -2.56. The average Bonchev–Trinajstić information content (AvgIpc) is 2.49. The molecule has 3 N–H and O–H groups in total. The van der Waals surface area contributed by atoms with E-state index in [1.165, 1.54) is 0 Å². The van der Waals surface area contributed by atoms with Crippen LogP contribution in [0.5, 0.6) is 11.5 Å². The summed E-state index contributed by atoms with van der Waals surface area (Å²) in [6.45, 7) is 0. The molecular formula is C16H21N3O2. The third-order valence-electron chi connectivity index (χ3n) is 3.21. The molecular weight excluding hydrogens is 266 g/mol. The summed E-state index contributed by atoms with van der Waals surface area (Å²) in [4.78, 5) is 2.04. The summed E-state index contributed by atoms with van der Waals surface area (Å²) in [5.74, 6) is 1.25.